The average molecular weight is 222 g/mol. The molecule has 0 unspecified atom stereocenters. The van der Waals surface area contributed by atoms with Crippen LogP contribution in [-0.2, 0) is 9.59 Å². The van der Waals surface area contributed by atoms with Gasteiger partial charge in [-0.05, 0) is 23.8 Å². The summed E-state index contributed by atoms with van der Waals surface area (Å²) in [4.78, 5) is 21.5. The Balaban J connectivity index is 2.50. The third kappa shape index (κ3) is 4.36. The summed E-state index contributed by atoms with van der Waals surface area (Å²) in [5.41, 5.74) is 5.54. The van der Waals surface area contributed by atoms with E-state index in [9.17, 15) is 14.0 Å². The van der Waals surface area contributed by atoms with Crippen LogP contribution < -0.4 is 11.1 Å². The molecule has 84 valence electrons. The molecule has 0 aliphatic rings. The van der Waals surface area contributed by atoms with E-state index in [1.807, 2.05) is 0 Å². The van der Waals surface area contributed by atoms with Crippen molar-refractivity contribution >= 4 is 17.9 Å². The SMILES string of the molecule is NC(=O)CNC(=O)/C=C/c1ccc(F)cc1. The van der Waals surface area contributed by atoms with Gasteiger partial charge in [0.1, 0.15) is 5.82 Å². The minimum absolute atomic E-state index is 0.202. The van der Waals surface area contributed by atoms with Gasteiger partial charge < -0.3 is 11.1 Å². The Morgan fingerprint density at radius 1 is 1.31 bits per heavy atom. The molecule has 1 rings (SSSR count). The minimum Gasteiger partial charge on any atom is -0.368 e. The molecule has 0 radical (unpaired) electrons. The number of hydrogen-bond donors (Lipinski definition) is 2. The summed E-state index contributed by atoms with van der Waals surface area (Å²) in [6.07, 6.45) is 2.76. The fourth-order valence-electron chi connectivity index (χ4n) is 0.979. The topological polar surface area (TPSA) is 72.2 Å². The van der Waals surface area contributed by atoms with Crippen molar-refractivity contribution in [2.45, 2.75) is 0 Å². The maximum atomic E-state index is 12.5. The lowest BCUT2D eigenvalue weighted by molar-refractivity contribution is -0.122. The lowest BCUT2D eigenvalue weighted by Gasteiger charge is -1.97. The molecule has 1 aromatic rings. The third-order valence-corrected chi connectivity index (χ3v) is 1.73. The van der Waals surface area contributed by atoms with Crippen molar-refractivity contribution in [3.8, 4) is 0 Å². The first kappa shape index (κ1) is 11.9. The molecule has 0 aromatic heterocycles. The first-order chi connectivity index (χ1) is 7.58. The van der Waals surface area contributed by atoms with Gasteiger partial charge in [0.2, 0.25) is 11.8 Å². The van der Waals surface area contributed by atoms with Crippen LogP contribution in [0.15, 0.2) is 30.3 Å². The van der Waals surface area contributed by atoms with E-state index >= 15 is 0 Å². The van der Waals surface area contributed by atoms with Gasteiger partial charge in [0, 0.05) is 6.08 Å². The molecule has 0 saturated heterocycles. The molecule has 3 N–H and O–H groups in total. The molecule has 0 saturated carbocycles. The van der Waals surface area contributed by atoms with Crippen LogP contribution in [0.5, 0.6) is 0 Å². The average Bonchev–Trinajstić information content (AvgIpc) is 2.25. The molecule has 0 aliphatic heterocycles. The van der Waals surface area contributed by atoms with E-state index in [1.165, 1.54) is 36.4 Å². The van der Waals surface area contributed by atoms with Gasteiger partial charge in [0.15, 0.2) is 0 Å². The molecule has 4 nitrogen and oxygen atoms in total. The van der Waals surface area contributed by atoms with Crippen LogP contribution in [0, 0.1) is 5.82 Å². The summed E-state index contributed by atoms with van der Waals surface area (Å²) < 4.78 is 12.5. The summed E-state index contributed by atoms with van der Waals surface area (Å²) in [6.45, 7) is -0.202. The van der Waals surface area contributed by atoms with Gasteiger partial charge in [0.25, 0.3) is 0 Å². The second-order valence-corrected chi connectivity index (χ2v) is 3.07. The predicted molar refractivity (Wildman–Crippen MR) is 57.6 cm³/mol. The highest BCUT2D eigenvalue weighted by atomic mass is 19.1. The molecule has 2 amide bonds. The summed E-state index contributed by atoms with van der Waals surface area (Å²) in [7, 11) is 0. The molecule has 0 bridgehead atoms. The first-order valence-electron chi connectivity index (χ1n) is 4.58. The van der Waals surface area contributed by atoms with Crippen molar-refractivity contribution in [1.82, 2.24) is 5.32 Å². The maximum Gasteiger partial charge on any atom is 0.244 e. The highest BCUT2D eigenvalue weighted by Crippen LogP contribution is 2.04. The van der Waals surface area contributed by atoms with Gasteiger partial charge in [-0.2, -0.15) is 0 Å². The fraction of sp³-hybridized carbons (Fsp3) is 0.0909. The Morgan fingerprint density at radius 3 is 2.50 bits per heavy atom. The molecule has 0 fully saturated rings. The number of nitrogens with two attached hydrogens (primary N) is 1. The number of nitrogens with one attached hydrogen (secondary N) is 1. The van der Waals surface area contributed by atoms with Crippen LogP contribution in [-0.4, -0.2) is 18.4 Å². The highest BCUT2D eigenvalue weighted by Gasteiger charge is 1.97. The number of carbonyl (C=O) groups is 2. The van der Waals surface area contributed by atoms with E-state index in [0.717, 1.165) is 0 Å². The van der Waals surface area contributed by atoms with Crippen molar-refractivity contribution in [3.63, 3.8) is 0 Å². The molecular formula is C11H11FN2O2. The fourth-order valence-corrected chi connectivity index (χ4v) is 0.979. The Labute approximate surface area is 91.9 Å². The van der Waals surface area contributed by atoms with Crippen molar-refractivity contribution in [1.29, 1.82) is 0 Å². The Bertz CT molecular complexity index is 412. The van der Waals surface area contributed by atoms with Gasteiger partial charge >= 0.3 is 0 Å². The summed E-state index contributed by atoms with van der Waals surface area (Å²) in [6, 6.07) is 5.66. The number of primary amides is 1. The van der Waals surface area contributed by atoms with Gasteiger partial charge in [-0.15, -0.1) is 0 Å². The summed E-state index contributed by atoms with van der Waals surface area (Å²) in [5.74, 6) is -1.37. The van der Waals surface area contributed by atoms with Crippen LogP contribution in [0.2, 0.25) is 0 Å². The Morgan fingerprint density at radius 2 is 1.94 bits per heavy atom. The van der Waals surface area contributed by atoms with Crippen molar-refractivity contribution < 1.29 is 14.0 Å². The minimum atomic E-state index is -0.608. The smallest absolute Gasteiger partial charge is 0.244 e. The van der Waals surface area contributed by atoms with Crippen molar-refractivity contribution in [2.24, 2.45) is 5.73 Å². The molecular weight excluding hydrogens is 211 g/mol. The van der Waals surface area contributed by atoms with Crippen LogP contribution in [0.4, 0.5) is 4.39 Å². The summed E-state index contributed by atoms with van der Waals surface area (Å²) in [5, 5.41) is 2.29. The number of hydrogen-bond acceptors (Lipinski definition) is 2. The van der Waals surface area contributed by atoms with E-state index < -0.39 is 11.8 Å². The summed E-state index contributed by atoms with van der Waals surface area (Å²) >= 11 is 0. The second-order valence-electron chi connectivity index (χ2n) is 3.07. The lowest BCUT2D eigenvalue weighted by Crippen LogP contribution is -2.32. The Kier molecular flexibility index (Phi) is 4.20. The van der Waals surface area contributed by atoms with Crippen LogP contribution in [0.1, 0.15) is 5.56 Å². The third-order valence-electron chi connectivity index (χ3n) is 1.73. The van der Waals surface area contributed by atoms with Crippen LogP contribution in [0.3, 0.4) is 0 Å². The number of amides is 2. The highest BCUT2D eigenvalue weighted by molar-refractivity contribution is 5.94. The van der Waals surface area contributed by atoms with E-state index in [0.29, 0.717) is 5.56 Å². The quantitative estimate of drug-likeness (QED) is 0.725. The zero-order chi connectivity index (χ0) is 12.0. The maximum absolute atomic E-state index is 12.5. The van der Waals surface area contributed by atoms with Gasteiger partial charge in [-0.1, -0.05) is 12.1 Å². The predicted octanol–water partition coefficient (Wildman–Crippen LogP) is 0.440. The van der Waals surface area contributed by atoms with E-state index in [-0.39, 0.29) is 12.4 Å². The normalized spacial score (nSPS) is 10.3. The van der Waals surface area contributed by atoms with Gasteiger partial charge in [0.05, 0.1) is 6.54 Å². The Hall–Kier alpha value is -2.17. The number of carbonyl (C=O) groups excluding carboxylic acids is 2. The molecule has 5 heteroatoms. The molecule has 0 heterocycles. The first-order valence-corrected chi connectivity index (χ1v) is 4.58. The zero-order valence-electron chi connectivity index (χ0n) is 8.44. The molecule has 1 aromatic carbocycles. The van der Waals surface area contributed by atoms with Crippen LogP contribution >= 0.6 is 0 Å². The van der Waals surface area contributed by atoms with E-state index in [1.54, 1.807) is 0 Å². The van der Waals surface area contributed by atoms with Crippen LogP contribution in [0.25, 0.3) is 6.08 Å². The number of rotatable bonds is 4. The second kappa shape index (κ2) is 5.65. The number of halogens is 1. The van der Waals surface area contributed by atoms with E-state index in [4.69, 9.17) is 5.73 Å². The number of benzene rings is 1. The van der Waals surface area contributed by atoms with Crippen molar-refractivity contribution in [3.05, 3.63) is 41.7 Å². The molecule has 16 heavy (non-hydrogen) atoms. The van der Waals surface area contributed by atoms with Gasteiger partial charge in [-0.3, -0.25) is 9.59 Å². The molecule has 0 spiro atoms. The largest absolute Gasteiger partial charge is 0.368 e. The molecule has 0 aliphatic carbocycles. The van der Waals surface area contributed by atoms with Gasteiger partial charge in [-0.25, -0.2) is 4.39 Å². The van der Waals surface area contributed by atoms with E-state index in [2.05, 4.69) is 5.32 Å². The zero-order valence-corrected chi connectivity index (χ0v) is 8.44. The molecule has 0 atom stereocenters. The van der Waals surface area contributed by atoms with Crippen molar-refractivity contribution in [2.75, 3.05) is 6.54 Å². The standard InChI is InChI=1S/C11H11FN2O2/c12-9-4-1-8(2-5-9)3-6-11(16)14-7-10(13)15/h1-6H,7H2,(H2,13,15)(H,14,16)/b6-3+. The lowest BCUT2D eigenvalue weighted by atomic mass is 10.2. The monoisotopic (exact) mass is 222 g/mol.